The van der Waals surface area contributed by atoms with Gasteiger partial charge in [-0.3, -0.25) is 0 Å². The van der Waals surface area contributed by atoms with E-state index in [1.807, 2.05) is 20.8 Å². The third-order valence-electron chi connectivity index (χ3n) is 4.56. The lowest BCUT2D eigenvalue weighted by Crippen LogP contribution is -2.53. The normalized spacial score (nSPS) is 37.0. The summed E-state index contributed by atoms with van der Waals surface area (Å²) in [5.41, 5.74) is 5.81. The van der Waals surface area contributed by atoms with E-state index in [1.165, 1.54) is 0 Å². The van der Waals surface area contributed by atoms with Crippen LogP contribution >= 0.6 is 0 Å². The molecule has 6 atom stereocenters. The van der Waals surface area contributed by atoms with Crippen LogP contribution in [-0.4, -0.2) is 68.1 Å². The summed E-state index contributed by atoms with van der Waals surface area (Å²) in [5, 5.41) is 10.1. The van der Waals surface area contributed by atoms with Crippen LogP contribution < -0.4 is 5.73 Å². The number of aliphatic hydroxyl groups excluding tert-OH is 1. The summed E-state index contributed by atoms with van der Waals surface area (Å²) in [6.07, 6.45) is 2.64. The number of ether oxygens (including phenoxy) is 4. The summed E-state index contributed by atoms with van der Waals surface area (Å²) in [5.74, 6) is 0.496. The van der Waals surface area contributed by atoms with Crippen molar-refractivity contribution < 1.29 is 24.1 Å². The summed E-state index contributed by atoms with van der Waals surface area (Å²) < 4.78 is 22.8. The molecule has 0 bridgehead atoms. The number of rotatable bonds is 7. The molecule has 23 heavy (non-hydrogen) atoms. The van der Waals surface area contributed by atoms with Crippen molar-refractivity contribution in [3.05, 3.63) is 0 Å². The van der Waals surface area contributed by atoms with Gasteiger partial charge in [-0.1, -0.05) is 0 Å². The Morgan fingerprint density at radius 1 is 1.17 bits per heavy atom. The zero-order valence-electron chi connectivity index (χ0n) is 14.6. The molecule has 0 spiro atoms. The fraction of sp³-hybridized carbons (Fsp3) is 1.00. The Morgan fingerprint density at radius 3 is 2.61 bits per heavy atom. The van der Waals surface area contributed by atoms with Crippen molar-refractivity contribution >= 4 is 0 Å². The van der Waals surface area contributed by atoms with E-state index in [1.54, 1.807) is 0 Å². The van der Waals surface area contributed by atoms with Gasteiger partial charge in [0.05, 0.1) is 50.3 Å². The number of aliphatic hydroxyl groups is 1. The van der Waals surface area contributed by atoms with Crippen molar-refractivity contribution in [3.8, 4) is 0 Å². The van der Waals surface area contributed by atoms with Crippen LogP contribution in [-0.2, 0) is 18.9 Å². The average Bonchev–Trinajstić information content (AvgIpc) is 2.51. The first-order chi connectivity index (χ1) is 11.0. The van der Waals surface area contributed by atoms with Crippen molar-refractivity contribution in [3.63, 3.8) is 0 Å². The van der Waals surface area contributed by atoms with Crippen LogP contribution in [0, 0.1) is 5.92 Å². The molecular formula is C17H33NO5. The molecule has 0 radical (unpaired) electrons. The van der Waals surface area contributed by atoms with E-state index in [0.717, 1.165) is 25.9 Å². The standard InChI is InChI=1S/C17H33NO5/c1-11(2)21-8-14-5-4-13(7-22-14)6-12(3)23-16-10-20-9-15(18)17(16)19/h11-17,19H,4-10,18H2,1-3H3/t12?,13?,14?,15-,16-,17+/m1/s1. The second kappa shape index (κ2) is 9.30. The third-order valence-corrected chi connectivity index (χ3v) is 4.56. The largest absolute Gasteiger partial charge is 0.389 e. The first kappa shape index (κ1) is 19.1. The van der Waals surface area contributed by atoms with E-state index in [9.17, 15) is 5.11 Å². The van der Waals surface area contributed by atoms with Gasteiger partial charge in [-0.15, -0.1) is 0 Å². The van der Waals surface area contributed by atoms with Crippen LogP contribution in [0.25, 0.3) is 0 Å². The molecule has 136 valence electrons. The fourth-order valence-electron chi connectivity index (χ4n) is 3.21. The Bertz CT molecular complexity index is 333. The van der Waals surface area contributed by atoms with Crippen molar-refractivity contribution in [2.45, 2.75) is 76.6 Å². The van der Waals surface area contributed by atoms with Gasteiger partial charge in [0.25, 0.3) is 0 Å². The molecule has 6 heteroatoms. The first-order valence-electron chi connectivity index (χ1n) is 8.85. The Balaban J connectivity index is 1.65. The molecular weight excluding hydrogens is 298 g/mol. The van der Waals surface area contributed by atoms with Gasteiger partial charge in [-0.2, -0.15) is 0 Å². The van der Waals surface area contributed by atoms with Crippen molar-refractivity contribution in [1.29, 1.82) is 0 Å². The van der Waals surface area contributed by atoms with Gasteiger partial charge in [0.15, 0.2) is 0 Å². The lowest BCUT2D eigenvalue weighted by atomic mass is 9.93. The van der Waals surface area contributed by atoms with Crippen molar-refractivity contribution in [1.82, 2.24) is 0 Å². The predicted molar refractivity (Wildman–Crippen MR) is 87.3 cm³/mol. The molecule has 0 saturated carbocycles. The summed E-state index contributed by atoms with van der Waals surface area (Å²) >= 11 is 0. The molecule has 0 aromatic rings. The lowest BCUT2D eigenvalue weighted by molar-refractivity contribution is -0.152. The molecule has 2 fully saturated rings. The molecule has 3 unspecified atom stereocenters. The highest BCUT2D eigenvalue weighted by Gasteiger charge is 2.33. The Hall–Kier alpha value is -0.240. The van der Waals surface area contributed by atoms with Crippen LogP contribution in [0.4, 0.5) is 0 Å². The van der Waals surface area contributed by atoms with E-state index in [4.69, 9.17) is 24.7 Å². The van der Waals surface area contributed by atoms with Gasteiger partial charge in [-0.25, -0.2) is 0 Å². The summed E-state index contributed by atoms with van der Waals surface area (Å²) in [6, 6.07) is -0.360. The van der Waals surface area contributed by atoms with Crippen LogP contribution in [0.1, 0.15) is 40.0 Å². The molecule has 2 saturated heterocycles. The molecule has 2 aliphatic heterocycles. The maximum atomic E-state index is 10.1. The Morgan fingerprint density at radius 2 is 1.96 bits per heavy atom. The predicted octanol–water partition coefficient (Wildman–Crippen LogP) is 1.09. The van der Waals surface area contributed by atoms with Gasteiger partial charge < -0.3 is 29.8 Å². The molecule has 0 aromatic carbocycles. The molecule has 3 N–H and O–H groups in total. The fourth-order valence-corrected chi connectivity index (χ4v) is 3.21. The van der Waals surface area contributed by atoms with Gasteiger partial charge in [0, 0.05) is 6.61 Å². The van der Waals surface area contributed by atoms with E-state index >= 15 is 0 Å². The van der Waals surface area contributed by atoms with Gasteiger partial charge in [0.2, 0.25) is 0 Å². The Labute approximate surface area is 139 Å². The summed E-state index contributed by atoms with van der Waals surface area (Å²) in [7, 11) is 0. The van der Waals surface area contributed by atoms with Crippen LogP contribution in [0.2, 0.25) is 0 Å². The molecule has 6 nitrogen and oxygen atoms in total. The highest BCUT2D eigenvalue weighted by molar-refractivity contribution is 4.84. The molecule has 2 rings (SSSR count). The van der Waals surface area contributed by atoms with Crippen molar-refractivity contribution in [2.24, 2.45) is 11.7 Å². The van der Waals surface area contributed by atoms with Gasteiger partial charge in [-0.05, 0) is 46.0 Å². The second-order valence-electron chi connectivity index (χ2n) is 7.19. The molecule has 0 aromatic heterocycles. The monoisotopic (exact) mass is 331 g/mol. The topological polar surface area (TPSA) is 83.2 Å². The van der Waals surface area contributed by atoms with Crippen LogP contribution in [0.3, 0.4) is 0 Å². The average molecular weight is 331 g/mol. The number of hydrogen-bond donors (Lipinski definition) is 2. The highest BCUT2D eigenvalue weighted by Crippen LogP contribution is 2.25. The quantitative estimate of drug-likeness (QED) is 0.726. The number of nitrogens with two attached hydrogens (primary N) is 1. The zero-order chi connectivity index (χ0) is 16.8. The minimum Gasteiger partial charge on any atom is -0.389 e. The third kappa shape index (κ3) is 6.29. The van der Waals surface area contributed by atoms with E-state index < -0.39 is 6.10 Å². The molecule has 0 aliphatic carbocycles. The summed E-state index contributed by atoms with van der Waals surface area (Å²) in [6.45, 7) is 8.37. The zero-order valence-corrected chi connectivity index (χ0v) is 14.6. The van der Waals surface area contributed by atoms with Gasteiger partial charge >= 0.3 is 0 Å². The van der Waals surface area contributed by atoms with Crippen LogP contribution in [0.5, 0.6) is 0 Å². The molecule has 2 aliphatic rings. The maximum absolute atomic E-state index is 10.1. The summed E-state index contributed by atoms with van der Waals surface area (Å²) in [4.78, 5) is 0. The Kier molecular flexibility index (Phi) is 7.72. The van der Waals surface area contributed by atoms with E-state index in [2.05, 4.69) is 0 Å². The van der Waals surface area contributed by atoms with E-state index in [0.29, 0.717) is 25.7 Å². The molecule has 0 amide bonds. The van der Waals surface area contributed by atoms with Crippen molar-refractivity contribution in [2.75, 3.05) is 26.4 Å². The minimum atomic E-state index is -0.647. The second-order valence-corrected chi connectivity index (χ2v) is 7.19. The highest BCUT2D eigenvalue weighted by atomic mass is 16.6. The van der Waals surface area contributed by atoms with Crippen LogP contribution in [0.15, 0.2) is 0 Å². The SMILES string of the molecule is CC(C)OCC1CCC(CC(C)O[C@@H]2COC[C@@H](N)[C@@H]2O)CO1. The number of hydrogen-bond acceptors (Lipinski definition) is 6. The van der Waals surface area contributed by atoms with E-state index in [-0.39, 0.29) is 30.5 Å². The minimum absolute atomic E-state index is 0.0561. The smallest absolute Gasteiger partial charge is 0.109 e. The first-order valence-corrected chi connectivity index (χ1v) is 8.85. The lowest BCUT2D eigenvalue weighted by Gasteiger charge is -2.35. The van der Waals surface area contributed by atoms with Gasteiger partial charge in [0.1, 0.15) is 6.10 Å². The maximum Gasteiger partial charge on any atom is 0.109 e. The molecule has 2 heterocycles.